The van der Waals surface area contributed by atoms with Gasteiger partial charge in [0.1, 0.15) is 5.82 Å². The summed E-state index contributed by atoms with van der Waals surface area (Å²) in [5.74, 6) is -0.282. The summed E-state index contributed by atoms with van der Waals surface area (Å²) in [6.07, 6.45) is -9.64. The molecule has 1 aromatic carbocycles. The van der Waals surface area contributed by atoms with Gasteiger partial charge in [-0.15, -0.1) is 0 Å². The molecule has 0 saturated heterocycles. The van der Waals surface area contributed by atoms with E-state index in [1.165, 1.54) is 7.05 Å². The number of halogens is 6. The van der Waals surface area contributed by atoms with Gasteiger partial charge < -0.3 is 11.1 Å². The summed E-state index contributed by atoms with van der Waals surface area (Å²) in [4.78, 5) is 7.30. The third kappa shape index (κ3) is 3.63. The monoisotopic (exact) mass is 336 g/mol. The van der Waals surface area contributed by atoms with Crippen molar-refractivity contribution in [3.63, 3.8) is 0 Å². The Labute approximate surface area is 126 Å². The smallest absolute Gasteiger partial charge is 0.373 e. The highest BCUT2D eigenvalue weighted by Crippen LogP contribution is 2.40. The van der Waals surface area contributed by atoms with Crippen LogP contribution in [0.2, 0.25) is 0 Å². The van der Waals surface area contributed by atoms with Gasteiger partial charge in [0.25, 0.3) is 0 Å². The van der Waals surface area contributed by atoms with Crippen LogP contribution in [0, 0.1) is 0 Å². The number of hydrogen-bond donors (Lipinski definition) is 2. The van der Waals surface area contributed by atoms with Gasteiger partial charge in [0, 0.05) is 18.7 Å². The third-order valence-corrected chi connectivity index (χ3v) is 2.93. The van der Waals surface area contributed by atoms with E-state index in [9.17, 15) is 26.3 Å². The fourth-order valence-electron chi connectivity index (χ4n) is 1.91. The molecule has 0 atom stereocenters. The van der Waals surface area contributed by atoms with Crippen molar-refractivity contribution >= 4 is 11.8 Å². The average Bonchev–Trinajstić information content (AvgIpc) is 2.44. The predicted octanol–water partition coefficient (Wildman–Crippen LogP) is 3.81. The van der Waals surface area contributed by atoms with E-state index in [2.05, 4.69) is 15.3 Å². The second-order valence-corrected chi connectivity index (χ2v) is 4.50. The van der Waals surface area contributed by atoms with E-state index in [4.69, 9.17) is 5.73 Å². The Hall–Kier alpha value is -2.52. The molecule has 3 N–H and O–H groups in total. The Morgan fingerprint density at radius 2 is 1.61 bits per heavy atom. The number of anilines is 2. The zero-order valence-electron chi connectivity index (χ0n) is 11.5. The van der Waals surface area contributed by atoms with Gasteiger partial charge in [-0.25, -0.2) is 4.98 Å². The van der Waals surface area contributed by atoms with E-state index in [1.807, 2.05) is 0 Å². The van der Waals surface area contributed by atoms with E-state index in [1.54, 1.807) is 0 Å². The first-order chi connectivity index (χ1) is 10.5. The number of aromatic nitrogens is 2. The number of nitrogens with zero attached hydrogens (tertiary/aromatic N) is 2. The van der Waals surface area contributed by atoms with E-state index >= 15 is 0 Å². The second-order valence-electron chi connectivity index (χ2n) is 4.50. The molecule has 0 aliphatic carbocycles. The lowest BCUT2D eigenvalue weighted by molar-refractivity contribution is -0.141. The Kier molecular flexibility index (Phi) is 4.10. The fraction of sp³-hybridized carbons (Fsp3) is 0.231. The maximum atomic E-state index is 13.1. The molecule has 0 unspecified atom stereocenters. The summed E-state index contributed by atoms with van der Waals surface area (Å²) in [7, 11) is 1.43. The van der Waals surface area contributed by atoms with Crippen molar-refractivity contribution in [2.75, 3.05) is 18.1 Å². The molecule has 0 radical (unpaired) electrons. The summed E-state index contributed by atoms with van der Waals surface area (Å²) in [6, 6.07) is 2.22. The van der Waals surface area contributed by atoms with Crippen LogP contribution < -0.4 is 11.1 Å². The zero-order chi connectivity index (χ0) is 17.4. The number of nitrogens with two attached hydrogens (primary N) is 1. The van der Waals surface area contributed by atoms with Gasteiger partial charge in [-0.1, -0.05) is 0 Å². The molecule has 10 heteroatoms. The molecule has 1 aromatic heterocycles. The molecular weight excluding hydrogens is 326 g/mol. The number of alkyl halides is 6. The van der Waals surface area contributed by atoms with Gasteiger partial charge in [0.2, 0.25) is 5.95 Å². The molecule has 0 amide bonds. The fourth-order valence-corrected chi connectivity index (χ4v) is 1.91. The molecular formula is C13H10F6N4. The van der Waals surface area contributed by atoms with Gasteiger partial charge in [0.05, 0.1) is 16.8 Å². The first kappa shape index (κ1) is 16.8. The molecule has 4 nitrogen and oxygen atoms in total. The Morgan fingerprint density at radius 3 is 2.13 bits per heavy atom. The maximum Gasteiger partial charge on any atom is 0.417 e. The lowest BCUT2D eigenvalue weighted by Gasteiger charge is -2.16. The SMILES string of the molecule is CNc1cc(-c2cc(C(F)(F)F)ccc2C(F)(F)F)nc(N)n1. The summed E-state index contributed by atoms with van der Waals surface area (Å²) >= 11 is 0. The van der Waals surface area contributed by atoms with E-state index in [-0.39, 0.29) is 17.5 Å². The first-order valence-electron chi connectivity index (χ1n) is 6.13. The largest absolute Gasteiger partial charge is 0.417 e. The van der Waals surface area contributed by atoms with Gasteiger partial charge in [-0.2, -0.15) is 31.3 Å². The van der Waals surface area contributed by atoms with Crippen LogP contribution >= 0.6 is 0 Å². The second kappa shape index (κ2) is 5.60. The van der Waals surface area contributed by atoms with Gasteiger partial charge in [0.15, 0.2) is 0 Å². The number of nitrogen functional groups attached to an aromatic ring is 1. The van der Waals surface area contributed by atoms with Crippen LogP contribution in [0.3, 0.4) is 0 Å². The van der Waals surface area contributed by atoms with Crippen LogP contribution in [0.25, 0.3) is 11.3 Å². The summed E-state index contributed by atoms with van der Waals surface area (Å²) in [5, 5.41) is 2.55. The predicted molar refractivity (Wildman–Crippen MR) is 71.4 cm³/mol. The Morgan fingerprint density at radius 1 is 0.957 bits per heavy atom. The topological polar surface area (TPSA) is 63.8 Å². The molecule has 2 rings (SSSR count). The minimum Gasteiger partial charge on any atom is -0.373 e. The summed E-state index contributed by atoms with van der Waals surface area (Å²) in [6.45, 7) is 0. The van der Waals surface area contributed by atoms with Gasteiger partial charge >= 0.3 is 12.4 Å². The van der Waals surface area contributed by atoms with Crippen molar-refractivity contribution in [3.8, 4) is 11.3 Å². The highest BCUT2D eigenvalue weighted by atomic mass is 19.4. The minimum absolute atomic E-state index is 0.0815. The highest BCUT2D eigenvalue weighted by molar-refractivity contribution is 5.69. The molecule has 0 aliphatic heterocycles. The van der Waals surface area contributed by atoms with Crippen molar-refractivity contribution < 1.29 is 26.3 Å². The van der Waals surface area contributed by atoms with Crippen molar-refractivity contribution in [1.29, 1.82) is 0 Å². The van der Waals surface area contributed by atoms with Crippen LogP contribution in [-0.4, -0.2) is 17.0 Å². The molecule has 2 aromatic rings. The quantitative estimate of drug-likeness (QED) is 0.819. The van der Waals surface area contributed by atoms with Crippen molar-refractivity contribution in [2.45, 2.75) is 12.4 Å². The Bertz CT molecular complexity index is 723. The normalized spacial score (nSPS) is 12.3. The van der Waals surface area contributed by atoms with Crippen LogP contribution in [-0.2, 0) is 12.4 Å². The maximum absolute atomic E-state index is 13.1. The van der Waals surface area contributed by atoms with Gasteiger partial charge in [-0.3, -0.25) is 0 Å². The molecule has 0 bridgehead atoms. The molecule has 0 aliphatic rings. The number of rotatable bonds is 2. The number of benzene rings is 1. The van der Waals surface area contributed by atoms with Crippen LogP contribution in [0.5, 0.6) is 0 Å². The summed E-state index contributed by atoms with van der Waals surface area (Å²) in [5.41, 5.74) is 1.84. The molecule has 0 spiro atoms. The molecule has 1 heterocycles. The van der Waals surface area contributed by atoms with Crippen molar-refractivity contribution in [2.24, 2.45) is 0 Å². The van der Waals surface area contributed by atoms with Crippen molar-refractivity contribution in [3.05, 3.63) is 35.4 Å². The summed E-state index contributed by atoms with van der Waals surface area (Å²) < 4.78 is 77.6. The van der Waals surface area contributed by atoms with Crippen molar-refractivity contribution in [1.82, 2.24) is 9.97 Å². The Balaban J connectivity index is 2.74. The standard InChI is InChI=1S/C13H10F6N4/c1-21-10-5-9(22-11(20)23-10)7-4-6(12(14,15)16)2-3-8(7)13(17,18)19/h2-5H,1H3,(H3,20,21,22,23). The number of nitrogens with one attached hydrogen (secondary N) is 1. The lowest BCUT2D eigenvalue weighted by Crippen LogP contribution is -2.12. The van der Waals surface area contributed by atoms with E-state index in [0.717, 1.165) is 6.07 Å². The first-order valence-corrected chi connectivity index (χ1v) is 6.13. The van der Waals surface area contributed by atoms with Gasteiger partial charge in [-0.05, 0) is 18.2 Å². The molecule has 23 heavy (non-hydrogen) atoms. The minimum atomic E-state index is -4.85. The van der Waals surface area contributed by atoms with E-state index in [0.29, 0.717) is 18.2 Å². The third-order valence-electron chi connectivity index (χ3n) is 2.93. The molecule has 0 saturated carbocycles. The van der Waals surface area contributed by atoms with Crippen LogP contribution in [0.15, 0.2) is 24.3 Å². The molecule has 0 fully saturated rings. The molecule has 124 valence electrons. The lowest BCUT2D eigenvalue weighted by atomic mass is 10.00. The van der Waals surface area contributed by atoms with Crippen LogP contribution in [0.4, 0.5) is 38.1 Å². The zero-order valence-corrected chi connectivity index (χ0v) is 11.5. The average molecular weight is 336 g/mol. The highest BCUT2D eigenvalue weighted by Gasteiger charge is 2.37. The van der Waals surface area contributed by atoms with E-state index < -0.39 is 29.0 Å². The number of hydrogen-bond acceptors (Lipinski definition) is 4. The van der Waals surface area contributed by atoms with Crippen LogP contribution in [0.1, 0.15) is 11.1 Å².